The first-order valence-corrected chi connectivity index (χ1v) is 15.2. The van der Waals surface area contributed by atoms with Crippen molar-refractivity contribution in [3.05, 3.63) is 62.1 Å². The summed E-state index contributed by atoms with van der Waals surface area (Å²) < 4.78 is 5.07. The van der Waals surface area contributed by atoms with Crippen molar-refractivity contribution in [1.82, 2.24) is 0 Å². The van der Waals surface area contributed by atoms with Crippen LogP contribution >= 0.6 is 46.4 Å². The van der Waals surface area contributed by atoms with Crippen molar-refractivity contribution < 1.29 is 39.5 Å². The number of aryl methyl sites for hydroxylation is 1. The zero-order chi connectivity index (χ0) is 31.9. The molecule has 0 fully saturated rings. The van der Waals surface area contributed by atoms with Crippen LogP contribution in [0.5, 0.6) is 5.75 Å². The molecule has 0 saturated heterocycles. The average molecular weight is 670 g/mol. The predicted octanol–water partition coefficient (Wildman–Crippen LogP) is 8.82. The normalized spacial score (nSPS) is 10.9. The summed E-state index contributed by atoms with van der Waals surface area (Å²) in [5, 5.41) is 35.4. The van der Waals surface area contributed by atoms with Crippen molar-refractivity contribution in [1.29, 1.82) is 0 Å². The molecular formula is C30H40Cl4O8. The SMILES string of the molecule is CC(Oc1cc(Cl)c(Cl)cc1Cl)C(=O)O.O=C(O)CCCCCCCCCO.O=C(O)CCCCc1cccc(Cl)c1. The monoisotopic (exact) mass is 668 g/mol. The zero-order valence-electron chi connectivity index (χ0n) is 23.7. The van der Waals surface area contributed by atoms with Gasteiger partial charge in [-0.2, -0.15) is 0 Å². The van der Waals surface area contributed by atoms with Gasteiger partial charge >= 0.3 is 17.9 Å². The molecule has 0 radical (unpaired) electrons. The van der Waals surface area contributed by atoms with Crippen molar-refractivity contribution in [3.8, 4) is 5.75 Å². The molecule has 2 aromatic rings. The highest BCUT2D eigenvalue weighted by molar-refractivity contribution is 6.43. The molecule has 0 aromatic heterocycles. The number of benzene rings is 2. The van der Waals surface area contributed by atoms with Crippen LogP contribution in [0, 0.1) is 0 Å². The number of hydrogen-bond acceptors (Lipinski definition) is 5. The summed E-state index contributed by atoms with van der Waals surface area (Å²) in [7, 11) is 0. The van der Waals surface area contributed by atoms with Crippen molar-refractivity contribution in [2.75, 3.05) is 6.61 Å². The molecule has 4 N–H and O–H groups in total. The van der Waals surface area contributed by atoms with Crippen LogP contribution < -0.4 is 4.74 Å². The number of aliphatic hydroxyl groups excluding tert-OH is 1. The van der Waals surface area contributed by atoms with E-state index in [0.717, 1.165) is 62.8 Å². The summed E-state index contributed by atoms with van der Waals surface area (Å²) >= 11 is 23.0. The molecule has 8 nitrogen and oxygen atoms in total. The lowest BCUT2D eigenvalue weighted by Crippen LogP contribution is -2.22. The van der Waals surface area contributed by atoms with Crippen LogP contribution in [0.3, 0.4) is 0 Å². The van der Waals surface area contributed by atoms with Gasteiger partial charge in [0.1, 0.15) is 5.75 Å². The minimum atomic E-state index is -1.09. The summed E-state index contributed by atoms with van der Waals surface area (Å²) in [6.07, 6.45) is 9.33. The summed E-state index contributed by atoms with van der Waals surface area (Å²) in [5.74, 6) is -2.31. The molecule has 0 saturated carbocycles. The van der Waals surface area contributed by atoms with Crippen molar-refractivity contribution in [2.45, 2.75) is 90.1 Å². The van der Waals surface area contributed by atoms with Crippen LogP contribution in [0.25, 0.3) is 0 Å². The molecule has 0 amide bonds. The first-order chi connectivity index (χ1) is 19.9. The Labute approximate surface area is 267 Å². The highest BCUT2D eigenvalue weighted by atomic mass is 35.5. The van der Waals surface area contributed by atoms with E-state index < -0.39 is 24.0 Å². The second-order valence-electron chi connectivity index (χ2n) is 9.37. The van der Waals surface area contributed by atoms with Gasteiger partial charge in [-0.1, -0.05) is 90.6 Å². The molecule has 0 aliphatic rings. The summed E-state index contributed by atoms with van der Waals surface area (Å²) in [5.41, 5.74) is 1.17. The molecule has 236 valence electrons. The number of halogens is 4. The molecular weight excluding hydrogens is 630 g/mol. The number of carboxylic acids is 3. The standard InChI is InChI=1S/C11H13ClO2.C10H20O3.C9H7Cl3O3/c12-10-6-3-5-9(8-10)4-1-2-7-11(13)14;11-9-7-5-3-1-2-4-6-8-10(12)13;1-4(9(13)14)15-8-3-6(11)5(10)2-7(8)12/h3,5-6,8H,1-2,4,7H2,(H,13,14);11H,1-9H2,(H,12,13);2-4H,1H3,(H,13,14). The minimum absolute atomic E-state index is 0.195. The molecule has 0 bridgehead atoms. The third-order valence-corrected chi connectivity index (χ3v) is 6.92. The summed E-state index contributed by atoms with van der Waals surface area (Å²) in [6.45, 7) is 1.68. The molecule has 2 aromatic carbocycles. The Hall–Kier alpha value is -2.23. The second kappa shape index (κ2) is 24.2. The Morgan fingerprint density at radius 2 is 1.24 bits per heavy atom. The molecule has 12 heteroatoms. The molecule has 0 heterocycles. The van der Waals surface area contributed by atoms with Gasteiger partial charge in [-0.05, 0) is 62.8 Å². The Balaban J connectivity index is 0.000000602. The number of aliphatic hydroxyl groups is 1. The first kappa shape index (κ1) is 39.8. The number of aliphatic carboxylic acids is 3. The van der Waals surface area contributed by atoms with E-state index in [1.807, 2.05) is 24.3 Å². The van der Waals surface area contributed by atoms with Crippen LogP contribution in [-0.4, -0.2) is 51.0 Å². The van der Waals surface area contributed by atoms with Gasteiger partial charge in [-0.15, -0.1) is 0 Å². The lowest BCUT2D eigenvalue weighted by molar-refractivity contribution is -0.144. The van der Waals surface area contributed by atoms with E-state index >= 15 is 0 Å². The van der Waals surface area contributed by atoms with Gasteiger partial charge in [0.2, 0.25) is 0 Å². The highest BCUT2D eigenvalue weighted by Crippen LogP contribution is 2.34. The zero-order valence-corrected chi connectivity index (χ0v) is 26.7. The van der Waals surface area contributed by atoms with E-state index in [1.54, 1.807) is 0 Å². The van der Waals surface area contributed by atoms with Gasteiger partial charge in [0.15, 0.2) is 6.10 Å². The number of rotatable bonds is 17. The quantitative estimate of drug-likeness (QED) is 0.0967. The second-order valence-corrected chi connectivity index (χ2v) is 11.0. The smallest absolute Gasteiger partial charge is 0.344 e. The molecule has 0 spiro atoms. The van der Waals surface area contributed by atoms with Crippen LogP contribution in [0.15, 0.2) is 36.4 Å². The fraction of sp³-hybridized carbons (Fsp3) is 0.500. The van der Waals surface area contributed by atoms with Gasteiger partial charge in [-0.3, -0.25) is 9.59 Å². The van der Waals surface area contributed by atoms with Crippen LogP contribution in [-0.2, 0) is 20.8 Å². The number of carbonyl (C=O) groups is 3. The van der Waals surface area contributed by atoms with Gasteiger partial charge < -0.3 is 25.2 Å². The number of carboxylic acid groups (broad SMARTS) is 3. The minimum Gasteiger partial charge on any atom is -0.481 e. The van der Waals surface area contributed by atoms with Gasteiger partial charge in [0.25, 0.3) is 0 Å². The molecule has 0 aliphatic carbocycles. The summed E-state index contributed by atoms with van der Waals surface area (Å²) in [4.78, 5) is 30.9. The maximum absolute atomic E-state index is 10.5. The van der Waals surface area contributed by atoms with Crippen LogP contribution in [0.2, 0.25) is 20.1 Å². The van der Waals surface area contributed by atoms with E-state index in [2.05, 4.69) is 0 Å². The molecule has 42 heavy (non-hydrogen) atoms. The van der Waals surface area contributed by atoms with Crippen LogP contribution in [0.4, 0.5) is 0 Å². The molecule has 1 atom stereocenters. The molecule has 2 rings (SSSR count). The van der Waals surface area contributed by atoms with E-state index in [4.69, 9.17) is 71.6 Å². The lowest BCUT2D eigenvalue weighted by Gasteiger charge is -2.12. The number of ether oxygens (including phenoxy) is 1. The van der Waals surface area contributed by atoms with Gasteiger partial charge in [0, 0.05) is 30.5 Å². The largest absolute Gasteiger partial charge is 0.481 e. The lowest BCUT2D eigenvalue weighted by atomic mass is 10.1. The highest BCUT2D eigenvalue weighted by Gasteiger charge is 2.15. The fourth-order valence-corrected chi connectivity index (χ4v) is 4.20. The van der Waals surface area contributed by atoms with E-state index in [1.165, 1.54) is 31.0 Å². The van der Waals surface area contributed by atoms with E-state index in [9.17, 15) is 14.4 Å². The predicted molar refractivity (Wildman–Crippen MR) is 167 cm³/mol. The molecule has 0 aliphatic heterocycles. The number of unbranched alkanes of at least 4 members (excludes halogenated alkanes) is 7. The average Bonchev–Trinajstić information content (AvgIpc) is 2.91. The van der Waals surface area contributed by atoms with E-state index in [-0.39, 0.29) is 27.2 Å². The summed E-state index contributed by atoms with van der Waals surface area (Å²) in [6, 6.07) is 10.5. The topological polar surface area (TPSA) is 141 Å². The molecule has 1 unspecified atom stereocenters. The third-order valence-electron chi connectivity index (χ3n) is 5.67. The Morgan fingerprint density at radius 3 is 1.76 bits per heavy atom. The van der Waals surface area contributed by atoms with Crippen LogP contribution in [0.1, 0.15) is 83.1 Å². The fourth-order valence-electron chi connectivity index (χ4n) is 3.41. The van der Waals surface area contributed by atoms with Gasteiger partial charge in [-0.25, -0.2) is 4.79 Å². The maximum Gasteiger partial charge on any atom is 0.344 e. The van der Waals surface area contributed by atoms with Crippen molar-refractivity contribution in [3.63, 3.8) is 0 Å². The third kappa shape index (κ3) is 21.5. The Bertz CT molecular complexity index is 1080. The maximum atomic E-state index is 10.5. The van der Waals surface area contributed by atoms with Gasteiger partial charge in [0.05, 0.1) is 15.1 Å². The Morgan fingerprint density at radius 1 is 0.714 bits per heavy atom. The van der Waals surface area contributed by atoms with Crippen molar-refractivity contribution in [2.24, 2.45) is 0 Å². The Kier molecular flexibility index (Phi) is 23.0. The number of hydrogen-bond donors (Lipinski definition) is 4. The van der Waals surface area contributed by atoms with E-state index in [0.29, 0.717) is 13.0 Å². The first-order valence-electron chi connectivity index (χ1n) is 13.7. The van der Waals surface area contributed by atoms with Crippen molar-refractivity contribution >= 4 is 64.3 Å².